The summed E-state index contributed by atoms with van der Waals surface area (Å²) in [6, 6.07) is 3.53. The maximum Gasteiger partial charge on any atom is 0.156 e. The van der Waals surface area contributed by atoms with Crippen LogP contribution in [0.15, 0.2) is 43.1 Å². The van der Waals surface area contributed by atoms with E-state index in [4.69, 9.17) is 23.2 Å². The number of fused-ring (bicyclic) bond motifs is 2. The third-order valence-corrected chi connectivity index (χ3v) is 3.66. The molecular formula is C12H7Cl2IN6. The van der Waals surface area contributed by atoms with E-state index in [0.717, 1.165) is 15.0 Å². The van der Waals surface area contributed by atoms with Crippen LogP contribution in [-0.2, 0) is 0 Å². The molecule has 6 nitrogen and oxygen atoms in total. The van der Waals surface area contributed by atoms with Crippen molar-refractivity contribution in [1.29, 1.82) is 0 Å². The van der Waals surface area contributed by atoms with Gasteiger partial charge in [-0.3, -0.25) is 0 Å². The van der Waals surface area contributed by atoms with Gasteiger partial charge in [0.05, 0.1) is 28.6 Å². The van der Waals surface area contributed by atoms with Crippen molar-refractivity contribution >= 4 is 57.1 Å². The molecule has 0 radical (unpaired) electrons. The van der Waals surface area contributed by atoms with Gasteiger partial charge in [-0.1, -0.05) is 23.2 Å². The molecule has 0 unspecified atom stereocenters. The lowest BCUT2D eigenvalue weighted by atomic mass is 10.6. The van der Waals surface area contributed by atoms with Gasteiger partial charge in [-0.05, 0) is 22.6 Å². The highest BCUT2D eigenvalue weighted by Crippen LogP contribution is 2.11. The fourth-order valence-corrected chi connectivity index (χ4v) is 2.41. The average molecular weight is 433 g/mol. The minimum Gasteiger partial charge on any atom is -0.235 e. The molecule has 0 aliphatic carbocycles. The topological polar surface area (TPSA) is 60.4 Å². The number of imidazole rings is 2. The first-order chi connectivity index (χ1) is 10.1. The second kappa shape index (κ2) is 6.12. The third kappa shape index (κ3) is 3.25. The van der Waals surface area contributed by atoms with Crippen molar-refractivity contribution in [3.05, 3.63) is 56.9 Å². The molecule has 0 atom stereocenters. The first-order valence-corrected chi connectivity index (χ1v) is 7.56. The number of halogens is 3. The molecule has 4 rings (SSSR count). The smallest absolute Gasteiger partial charge is 0.156 e. The molecular weight excluding hydrogens is 426 g/mol. The Labute approximate surface area is 142 Å². The van der Waals surface area contributed by atoms with Crippen LogP contribution >= 0.6 is 45.8 Å². The van der Waals surface area contributed by atoms with Crippen LogP contribution in [0.1, 0.15) is 0 Å². The molecule has 0 bridgehead atoms. The van der Waals surface area contributed by atoms with Crippen molar-refractivity contribution in [1.82, 2.24) is 29.2 Å². The molecule has 9 heteroatoms. The molecule has 0 saturated heterocycles. The number of nitrogens with zero attached hydrogens (tertiary/aromatic N) is 6. The number of aromatic nitrogens is 6. The first-order valence-electron chi connectivity index (χ1n) is 5.73. The number of rotatable bonds is 0. The standard InChI is InChI=1S/C6H3ClIN3.C6H4ClN3/c7-4-1-6-9-3-5(8)11(6)10-2-4;7-5-3-6-8-1-2-10(6)9-4-5/h1-3H;1-4H. The van der Waals surface area contributed by atoms with Gasteiger partial charge in [0.1, 0.15) is 3.70 Å². The van der Waals surface area contributed by atoms with Crippen LogP contribution in [0.4, 0.5) is 0 Å². The summed E-state index contributed by atoms with van der Waals surface area (Å²) in [6.45, 7) is 0. The fraction of sp³-hybridized carbons (Fsp3) is 0. The molecule has 4 heterocycles. The van der Waals surface area contributed by atoms with Crippen LogP contribution < -0.4 is 0 Å². The fourth-order valence-electron chi connectivity index (χ4n) is 1.61. The Bertz CT molecular complexity index is 903. The lowest BCUT2D eigenvalue weighted by Gasteiger charge is -1.92. The zero-order valence-electron chi connectivity index (χ0n) is 10.4. The van der Waals surface area contributed by atoms with E-state index in [2.05, 4.69) is 42.8 Å². The Morgan fingerprint density at radius 2 is 1.62 bits per heavy atom. The molecule has 106 valence electrons. The summed E-state index contributed by atoms with van der Waals surface area (Å²) in [5, 5.41) is 9.24. The maximum absolute atomic E-state index is 5.71. The van der Waals surface area contributed by atoms with E-state index in [-0.39, 0.29) is 0 Å². The number of hydrogen-bond acceptors (Lipinski definition) is 4. The van der Waals surface area contributed by atoms with Gasteiger partial charge in [-0.15, -0.1) is 0 Å². The Morgan fingerprint density at radius 1 is 0.905 bits per heavy atom. The summed E-state index contributed by atoms with van der Waals surface area (Å²) < 4.78 is 4.37. The van der Waals surface area contributed by atoms with Crippen molar-refractivity contribution in [2.24, 2.45) is 0 Å². The largest absolute Gasteiger partial charge is 0.235 e. The lowest BCUT2D eigenvalue weighted by Crippen LogP contribution is -1.91. The van der Waals surface area contributed by atoms with Crippen LogP contribution in [0.5, 0.6) is 0 Å². The minimum absolute atomic E-state index is 0.610. The normalized spacial score (nSPS) is 10.6. The molecule has 21 heavy (non-hydrogen) atoms. The van der Waals surface area contributed by atoms with E-state index in [1.165, 1.54) is 0 Å². The van der Waals surface area contributed by atoms with Gasteiger partial charge >= 0.3 is 0 Å². The molecule has 0 N–H and O–H groups in total. The summed E-state index contributed by atoms with van der Waals surface area (Å²) in [5.74, 6) is 0. The van der Waals surface area contributed by atoms with E-state index >= 15 is 0 Å². The highest BCUT2D eigenvalue weighted by atomic mass is 127. The van der Waals surface area contributed by atoms with E-state index in [1.54, 1.807) is 52.1 Å². The van der Waals surface area contributed by atoms with Gasteiger partial charge in [0, 0.05) is 24.5 Å². The predicted molar refractivity (Wildman–Crippen MR) is 88.7 cm³/mol. The second-order valence-corrected chi connectivity index (χ2v) is 5.91. The SMILES string of the molecule is Clc1cnn2c(I)cnc2c1.Clc1cnn2ccnc2c1. The van der Waals surface area contributed by atoms with Crippen LogP contribution in [0, 0.1) is 3.70 Å². The molecule has 0 aliphatic rings. The molecule has 0 spiro atoms. The Kier molecular flexibility index (Phi) is 4.22. The van der Waals surface area contributed by atoms with Crippen LogP contribution in [-0.4, -0.2) is 29.2 Å². The van der Waals surface area contributed by atoms with Crippen molar-refractivity contribution in [2.45, 2.75) is 0 Å². The molecule has 4 aromatic heterocycles. The maximum atomic E-state index is 5.71. The van der Waals surface area contributed by atoms with E-state index in [9.17, 15) is 0 Å². The monoisotopic (exact) mass is 432 g/mol. The Hall–Kier alpha value is -1.45. The van der Waals surface area contributed by atoms with Crippen molar-refractivity contribution < 1.29 is 0 Å². The molecule has 0 fully saturated rings. The second-order valence-electron chi connectivity index (χ2n) is 3.93. The van der Waals surface area contributed by atoms with Gasteiger partial charge in [-0.25, -0.2) is 19.0 Å². The zero-order chi connectivity index (χ0) is 14.8. The molecule has 4 aromatic rings. The first kappa shape index (κ1) is 14.5. The summed E-state index contributed by atoms with van der Waals surface area (Å²) in [7, 11) is 0. The Morgan fingerprint density at radius 3 is 2.43 bits per heavy atom. The van der Waals surface area contributed by atoms with Crippen LogP contribution in [0.2, 0.25) is 10.0 Å². The van der Waals surface area contributed by atoms with Crippen molar-refractivity contribution in [3.63, 3.8) is 0 Å². The summed E-state index contributed by atoms with van der Waals surface area (Å²) in [5.41, 5.74) is 1.55. The van der Waals surface area contributed by atoms with E-state index < -0.39 is 0 Å². The van der Waals surface area contributed by atoms with Crippen LogP contribution in [0.3, 0.4) is 0 Å². The molecule has 0 aliphatic heterocycles. The highest BCUT2D eigenvalue weighted by Gasteiger charge is 2.00. The van der Waals surface area contributed by atoms with Crippen molar-refractivity contribution in [3.8, 4) is 0 Å². The summed E-state index contributed by atoms with van der Waals surface area (Å²) >= 11 is 13.5. The Balaban J connectivity index is 0.000000126. The van der Waals surface area contributed by atoms with Gasteiger partial charge in [-0.2, -0.15) is 10.2 Å². The van der Waals surface area contributed by atoms with Gasteiger partial charge in [0.25, 0.3) is 0 Å². The van der Waals surface area contributed by atoms with Crippen LogP contribution in [0.25, 0.3) is 11.3 Å². The number of hydrogen-bond donors (Lipinski definition) is 0. The minimum atomic E-state index is 0.610. The van der Waals surface area contributed by atoms with Crippen molar-refractivity contribution in [2.75, 3.05) is 0 Å². The molecule has 0 aromatic carbocycles. The zero-order valence-corrected chi connectivity index (χ0v) is 14.0. The lowest BCUT2D eigenvalue weighted by molar-refractivity contribution is 0.914. The van der Waals surface area contributed by atoms with Gasteiger partial charge in [0.2, 0.25) is 0 Å². The van der Waals surface area contributed by atoms with Gasteiger partial charge < -0.3 is 0 Å². The van der Waals surface area contributed by atoms with Gasteiger partial charge in [0.15, 0.2) is 11.3 Å². The van der Waals surface area contributed by atoms with E-state index in [0.29, 0.717) is 10.0 Å². The predicted octanol–water partition coefficient (Wildman–Crippen LogP) is 3.37. The average Bonchev–Trinajstić information content (AvgIpc) is 3.06. The molecule has 0 amide bonds. The summed E-state index contributed by atoms with van der Waals surface area (Å²) in [6.07, 6.45) is 8.37. The third-order valence-electron chi connectivity index (χ3n) is 2.51. The molecule has 0 saturated carbocycles. The van der Waals surface area contributed by atoms with E-state index in [1.807, 2.05) is 0 Å². The summed E-state index contributed by atoms with van der Waals surface area (Å²) in [4.78, 5) is 8.08. The highest BCUT2D eigenvalue weighted by molar-refractivity contribution is 14.1. The quantitative estimate of drug-likeness (QED) is 0.400.